The number of benzene rings is 2. The fourth-order valence-corrected chi connectivity index (χ4v) is 4.18. The van der Waals surface area contributed by atoms with E-state index in [2.05, 4.69) is 21.4 Å². The zero-order valence-corrected chi connectivity index (χ0v) is 16.5. The summed E-state index contributed by atoms with van der Waals surface area (Å²) >= 11 is 2.85. The lowest BCUT2D eigenvalue weighted by Gasteiger charge is -2.09. The summed E-state index contributed by atoms with van der Waals surface area (Å²) in [5, 5.41) is 4.27. The predicted molar refractivity (Wildman–Crippen MR) is 108 cm³/mol. The van der Waals surface area contributed by atoms with Crippen molar-refractivity contribution in [2.45, 2.75) is 28.8 Å². The molecule has 0 fully saturated rings. The highest BCUT2D eigenvalue weighted by Gasteiger charge is 2.12. The summed E-state index contributed by atoms with van der Waals surface area (Å²) in [5.74, 6) is -0.305. The van der Waals surface area contributed by atoms with Gasteiger partial charge in [-0.15, -0.1) is 0 Å². The van der Waals surface area contributed by atoms with E-state index < -0.39 is 0 Å². The number of nitrogens with one attached hydrogen (secondary N) is 1. The lowest BCUT2D eigenvalue weighted by molar-refractivity contribution is -0.113. The van der Waals surface area contributed by atoms with E-state index in [-0.39, 0.29) is 17.5 Å². The normalized spacial score (nSPS) is 10.6. The van der Waals surface area contributed by atoms with Crippen LogP contribution in [0.4, 0.5) is 10.1 Å². The first-order valence-electron chi connectivity index (χ1n) is 8.25. The first-order valence-corrected chi connectivity index (χ1v) is 10.1. The van der Waals surface area contributed by atoms with E-state index in [1.54, 1.807) is 25.4 Å². The van der Waals surface area contributed by atoms with Gasteiger partial charge in [0, 0.05) is 23.0 Å². The minimum atomic E-state index is -0.322. The lowest BCUT2D eigenvalue weighted by Crippen LogP contribution is -2.15. The van der Waals surface area contributed by atoms with Crippen LogP contribution in [0, 0.1) is 19.7 Å². The Morgan fingerprint density at radius 2 is 1.85 bits per heavy atom. The van der Waals surface area contributed by atoms with Crippen molar-refractivity contribution in [3.8, 4) is 0 Å². The molecule has 0 spiro atoms. The third kappa shape index (κ3) is 5.55. The molecule has 0 saturated heterocycles. The summed E-state index contributed by atoms with van der Waals surface area (Å²) in [5.41, 5.74) is 2.46. The summed E-state index contributed by atoms with van der Waals surface area (Å²) in [6.07, 6.45) is 3.26. The Morgan fingerprint density at radius 3 is 2.59 bits per heavy atom. The topological polar surface area (TPSA) is 54.9 Å². The summed E-state index contributed by atoms with van der Waals surface area (Å²) in [6, 6.07) is 12.4. The summed E-state index contributed by atoms with van der Waals surface area (Å²) < 4.78 is 13.2. The van der Waals surface area contributed by atoms with Gasteiger partial charge < -0.3 is 5.32 Å². The molecule has 0 aliphatic heterocycles. The van der Waals surface area contributed by atoms with Gasteiger partial charge in [-0.25, -0.2) is 14.4 Å². The number of thioether (sulfide) groups is 1. The molecule has 0 bridgehead atoms. The Labute approximate surface area is 166 Å². The van der Waals surface area contributed by atoms with Gasteiger partial charge in [0.05, 0.1) is 5.75 Å². The Hall–Kier alpha value is -2.38. The van der Waals surface area contributed by atoms with Crippen LogP contribution in [-0.2, 0) is 4.79 Å². The summed E-state index contributed by atoms with van der Waals surface area (Å²) in [4.78, 5) is 22.1. The number of halogens is 1. The van der Waals surface area contributed by atoms with Crippen LogP contribution in [0.5, 0.6) is 0 Å². The van der Waals surface area contributed by atoms with Gasteiger partial charge in [-0.3, -0.25) is 4.79 Å². The predicted octanol–water partition coefficient (Wildman–Crippen LogP) is 5.11. The number of amides is 1. The molecule has 3 rings (SSSR count). The molecule has 0 atom stereocenters. The summed E-state index contributed by atoms with van der Waals surface area (Å²) in [7, 11) is 0. The van der Waals surface area contributed by atoms with Crippen LogP contribution in [0.3, 0.4) is 0 Å². The minimum Gasteiger partial charge on any atom is -0.325 e. The van der Waals surface area contributed by atoms with Gasteiger partial charge in [0.2, 0.25) is 5.91 Å². The SMILES string of the molecule is Cc1cccc(Sc2nccnc2SCC(=O)Nc2ccc(F)cc2C)c1. The third-order valence-electron chi connectivity index (χ3n) is 3.64. The minimum absolute atomic E-state index is 0.174. The highest BCUT2D eigenvalue weighted by atomic mass is 32.2. The number of hydrogen-bond donors (Lipinski definition) is 1. The molecule has 2 aromatic carbocycles. The highest BCUT2D eigenvalue weighted by Crippen LogP contribution is 2.32. The van der Waals surface area contributed by atoms with Crippen molar-refractivity contribution in [3.63, 3.8) is 0 Å². The maximum absolute atomic E-state index is 13.2. The van der Waals surface area contributed by atoms with E-state index in [1.807, 2.05) is 25.1 Å². The lowest BCUT2D eigenvalue weighted by atomic mass is 10.2. The molecule has 27 heavy (non-hydrogen) atoms. The standard InChI is InChI=1S/C20H18FN3OS2/c1-13-4-3-5-16(10-13)27-20-19(22-8-9-23-20)26-12-18(25)24-17-7-6-15(21)11-14(17)2/h3-11H,12H2,1-2H3,(H,24,25). The molecule has 1 aromatic heterocycles. The Bertz CT molecular complexity index is 965. The fraction of sp³-hybridized carbons (Fsp3) is 0.150. The maximum atomic E-state index is 13.2. The highest BCUT2D eigenvalue weighted by molar-refractivity contribution is 8.02. The summed E-state index contributed by atoms with van der Waals surface area (Å²) in [6.45, 7) is 3.79. The van der Waals surface area contributed by atoms with Crippen LogP contribution in [-0.4, -0.2) is 21.6 Å². The molecule has 4 nitrogen and oxygen atoms in total. The van der Waals surface area contributed by atoms with Crippen molar-refractivity contribution in [2.24, 2.45) is 0 Å². The van der Waals surface area contributed by atoms with E-state index in [1.165, 1.54) is 41.2 Å². The third-order valence-corrected chi connectivity index (χ3v) is 5.73. The Balaban J connectivity index is 1.65. The van der Waals surface area contributed by atoms with Crippen LogP contribution in [0.15, 0.2) is 69.8 Å². The van der Waals surface area contributed by atoms with Crippen molar-refractivity contribution in [1.29, 1.82) is 0 Å². The van der Waals surface area contributed by atoms with Gasteiger partial charge >= 0.3 is 0 Å². The van der Waals surface area contributed by atoms with Crippen molar-refractivity contribution < 1.29 is 9.18 Å². The average molecular weight is 400 g/mol. The largest absolute Gasteiger partial charge is 0.325 e. The second-order valence-corrected chi connectivity index (χ2v) is 7.91. The van der Waals surface area contributed by atoms with Crippen molar-refractivity contribution >= 4 is 35.1 Å². The van der Waals surface area contributed by atoms with Crippen molar-refractivity contribution in [2.75, 3.05) is 11.1 Å². The molecule has 1 amide bonds. The van der Waals surface area contributed by atoms with Crippen molar-refractivity contribution in [1.82, 2.24) is 9.97 Å². The van der Waals surface area contributed by atoms with E-state index in [0.29, 0.717) is 16.3 Å². The molecule has 3 aromatic rings. The second kappa shape index (κ2) is 9.01. The molecule has 1 heterocycles. The van der Waals surface area contributed by atoms with E-state index in [9.17, 15) is 9.18 Å². The van der Waals surface area contributed by atoms with Gasteiger partial charge in [-0.1, -0.05) is 41.2 Å². The number of rotatable bonds is 6. The van der Waals surface area contributed by atoms with E-state index in [0.717, 1.165) is 9.92 Å². The second-order valence-electron chi connectivity index (χ2n) is 5.88. The number of carbonyl (C=O) groups excluding carboxylic acids is 1. The van der Waals surface area contributed by atoms with Crippen molar-refractivity contribution in [3.05, 3.63) is 71.8 Å². The van der Waals surface area contributed by atoms with Gasteiger partial charge in [-0.2, -0.15) is 0 Å². The molecule has 0 aliphatic carbocycles. The van der Waals surface area contributed by atoms with E-state index in [4.69, 9.17) is 0 Å². The van der Waals surface area contributed by atoms with Crippen LogP contribution in [0.25, 0.3) is 0 Å². The number of anilines is 1. The number of aryl methyl sites for hydroxylation is 2. The van der Waals surface area contributed by atoms with Crippen LogP contribution < -0.4 is 5.32 Å². The first-order chi connectivity index (χ1) is 13.0. The number of carbonyl (C=O) groups is 1. The Kier molecular flexibility index (Phi) is 6.47. The van der Waals surface area contributed by atoms with Crippen LogP contribution >= 0.6 is 23.5 Å². The van der Waals surface area contributed by atoms with Crippen LogP contribution in [0.1, 0.15) is 11.1 Å². The van der Waals surface area contributed by atoms with E-state index >= 15 is 0 Å². The quantitative estimate of drug-likeness (QED) is 0.584. The number of nitrogens with zero attached hydrogens (tertiary/aromatic N) is 2. The van der Waals surface area contributed by atoms with Crippen LogP contribution in [0.2, 0.25) is 0 Å². The smallest absolute Gasteiger partial charge is 0.234 e. The Morgan fingerprint density at radius 1 is 1.07 bits per heavy atom. The molecule has 0 aliphatic rings. The van der Waals surface area contributed by atoms with Gasteiger partial charge in [0.25, 0.3) is 0 Å². The first kappa shape index (κ1) is 19.4. The molecule has 7 heteroatoms. The molecule has 0 radical (unpaired) electrons. The molecule has 0 saturated carbocycles. The fourth-order valence-electron chi connectivity index (χ4n) is 2.36. The average Bonchev–Trinajstić information content (AvgIpc) is 2.63. The van der Waals surface area contributed by atoms with Gasteiger partial charge in [-0.05, 0) is 49.7 Å². The molecule has 138 valence electrons. The zero-order chi connectivity index (χ0) is 19.2. The van der Waals surface area contributed by atoms with Gasteiger partial charge in [0.1, 0.15) is 15.9 Å². The monoisotopic (exact) mass is 399 g/mol. The maximum Gasteiger partial charge on any atom is 0.234 e. The zero-order valence-electron chi connectivity index (χ0n) is 14.9. The molecular formula is C20H18FN3OS2. The number of hydrogen-bond acceptors (Lipinski definition) is 5. The van der Waals surface area contributed by atoms with Gasteiger partial charge in [0.15, 0.2) is 0 Å². The number of aromatic nitrogens is 2. The molecule has 1 N–H and O–H groups in total. The molecular weight excluding hydrogens is 381 g/mol. The molecule has 0 unspecified atom stereocenters.